The van der Waals surface area contributed by atoms with Crippen molar-refractivity contribution in [3.8, 4) is 0 Å². The van der Waals surface area contributed by atoms with Crippen LogP contribution in [-0.4, -0.2) is 54.7 Å². The Morgan fingerprint density at radius 3 is 2.41 bits per heavy atom. The molecule has 0 radical (unpaired) electrons. The topological polar surface area (TPSA) is 41.9 Å². The maximum Gasteiger partial charge on any atom is 0.168 e. The van der Waals surface area contributed by atoms with Crippen molar-refractivity contribution in [2.45, 2.75) is 57.0 Å². The van der Waals surface area contributed by atoms with Crippen molar-refractivity contribution in [3.63, 3.8) is 0 Å². The van der Waals surface area contributed by atoms with Gasteiger partial charge in [0.15, 0.2) is 5.79 Å². The summed E-state index contributed by atoms with van der Waals surface area (Å²) in [6, 6.07) is 0.618. The summed E-state index contributed by atoms with van der Waals surface area (Å²) in [5.41, 5.74) is 0. The average molecular weight is 243 g/mol. The van der Waals surface area contributed by atoms with E-state index >= 15 is 0 Å². The second-order valence-corrected chi connectivity index (χ2v) is 5.46. The van der Waals surface area contributed by atoms with Crippen molar-refractivity contribution in [1.82, 2.24) is 4.90 Å². The third-order valence-electron chi connectivity index (χ3n) is 4.05. The average Bonchev–Trinajstić information content (AvgIpc) is 2.75. The van der Waals surface area contributed by atoms with E-state index in [4.69, 9.17) is 9.47 Å². The van der Waals surface area contributed by atoms with Crippen molar-refractivity contribution in [3.05, 3.63) is 0 Å². The van der Waals surface area contributed by atoms with E-state index in [0.29, 0.717) is 6.04 Å². The van der Waals surface area contributed by atoms with Crippen LogP contribution in [0.2, 0.25) is 0 Å². The largest absolute Gasteiger partial charge is 0.393 e. The predicted octanol–water partition coefficient (Wildman–Crippen LogP) is 1.37. The van der Waals surface area contributed by atoms with Gasteiger partial charge in [-0.3, -0.25) is 0 Å². The highest BCUT2D eigenvalue weighted by Gasteiger charge is 2.40. The zero-order valence-electron chi connectivity index (χ0n) is 11.0. The maximum absolute atomic E-state index is 9.30. The summed E-state index contributed by atoms with van der Waals surface area (Å²) in [6.45, 7) is 4.33. The molecule has 0 aromatic rings. The van der Waals surface area contributed by atoms with E-state index in [2.05, 4.69) is 11.9 Å². The third kappa shape index (κ3) is 3.41. The molecule has 1 atom stereocenters. The summed E-state index contributed by atoms with van der Waals surface area (Å²) in [5, 5.41) is 9.30. The minimum Gasteiger partial charge on any atom is -0.393 e. The highest BCUT2D eigenvalue weighted by atomic mass is 16.7. The molecule has 0 amide bonds. The Labute approximate surface area is 104 Å². The Balaban J connectivity index is 1.74. The van der Waals surface area contributed by atoms with Gasteiger partial charge < -0.3 is 19.5 Å². The minimum atomic E-state index is -0.248. The van der Waals surface area contributed by atoms with Gasteiger partial charge in [0.05, 0.1) is 19.3 Å². The molecule has 17 heavy (non-hydrogen) atoms. The van der Waals surface area contributed by atoms with Gasteiger partial charge in [-0.1, -0.05) is 0 Å². The van der Waals surface area contributed by atoms with Crippen LogP contribution in [0.4, 0.5) is 0 Å². The molecule has 0 bridgehead atoms. The fraction of sp³-hybridized carbons (Fsp3) is 1.00. The number of hydrogen-bond acceptors (Lipinski definition) is 4. The van der Waals surface area contributed by atoms with Gasteiger partial charge in [-0.05, 0) is 33.2 Å². The van der Waals surface area contributed by atoms with Crippen molar-refractivity contribution >= 4 is 0 Å². The molecule has 4 heteroatoms. The normalized spacial score (nSPS) is 26.8. The van der Waals surface area contributed by atoms with Crippen molar-refractivity contribution in [1.29, 1.82) is 0 Å². The number of hydrogen-bond donors (Lipinski definition) is 1. The second-order valence-electron chi connectivity index (χ2n) is 5.46. The molecular formula is C13H25NO3. The quantitative estimate of drug-likeness (QED) is 0.810. The van der Waals surface area contributed by atoms with Gasteiger partial charge in [0.25, 0.3) is 0 Å². The molecule has 4 nitrogen and oxygen atoms in total. The smallest absolute Gasteiger partial charge is 0.168 e. The fourth-order valence-electron chi connectivity index (χ4n) is 2.84. The molecule has 0 aromatic heterocycles. The summed E-state index contributed by atoms with van der Waals surface area (Å²) in [7, 11) is 2.15. The van der Waals surface area contributed by atoms with Crippen LogP contribution in [0.1, 0.15) is 39.0 Å². The zero-order valence-corrected chi connectivity index (χ0v) is 11.0. The van der Waals surface area contributed by atoms with Crippen LogP contribution in [0.5, 0.6) is 0 Å². The summed E-state index contributed by atoms with van der Waals surface area (Å²) >= 11 is 0. The van der Waals surface area contributed by atoms with Gasteiger partial charge in [0.2, 0.25) is 0 Å². The molecular weight excluding hydrogens is 218 g/mol. The van der Waals surface area contributed by atoms with Crippen LogP contribution >= 0.6 is 0 Å². The SMILES string of the molecule is CC(O)CCN(C)C1CCC2(CC1)OCCO2. The summed E-state index contributed by atoms with van der Waals surface area (Å²) in [4.78, 5) is 2.37. The van der Waals surface area contributed by atoms with Gasteiger partial charge >= 0.3 is 0 Å². The van der Waals surface area contributed by atoms with Crippen LogP contribution in [0.3, 0.4) is 0 Å². The highest BCUT2D eigenvalue weighted by Crippen LogP contribution is 2.37. The van der Waals surface area contributed by atoms with Crippen LogP contribution in [0.25, 0.3) is 0 Å². The molecule has 1 saturated carbocycles. The second kappa shape index (κ2) is 5.65. The molecule has 1 saturated heterocycles. The Hall–Kier alpha value is -0.160. The van der Waals surface area contributed by atoms with E-state index in [9.17, 15) is 5.11 Å². The van der Waals surface area contributed by atoms with Crippen molar-refractivity contribution < 1.29 is 14.6 Å². The first-order valence-corrected chi connectivity index (χ1v) is 6.77. The van der Waals surface area contributed by atoms with Gasteiger partial charge in [0.1, 0.15) is 0 Å². The van der Waals surface area contributed by atoms with Gasteiger partial charge in [-0.15, -0.1) is 0 Å². The van der Waals surface area contributed by atoms with Crippen LogP contribution < -0.4 is 0 Å². The molecule has 2 rings (SSSR count). The molecule has 2 aliphatic rings. The fourth-order valence-corrected chi connectivity index (χ4v) is 2.84. The van der Waals surface area contributed by atoms with E-state index in [0.717, 1.165) is 51.9 Å². The lowest BCUT2D eigenvalue weighted by Gasteiger charge is -2.39. The molecule has 1 unspecified atom stereocenters. The van der Waals surface area contributed by atoms with Crippen molar-refractivity contribution in [2.24, 2.45) is 0 Å². The first-order valence-electron chi connectivity index (χ1n) is 6.77. The minimum absolute atomic E-state index is 0.200. The highest BCUT2D eigenvalue weighted by molar-refractivity contribution is 4.86. The first-order chi connectivity index (χ1) is 8.11. The van der Waals surface area contributed by atoms with Gasteiger partial charge in [-0.25, -0.2) is 0 Å². The van der Waals surface area contributed by atoms with Crippen LogP contribution in [-0.2, 0) is 9.47 Å². The van der Waals surface area contributed by atoms with Crippen LogP contribution in [0, 0.1) is 0 Å². The van der Waals surface area contributed by atoms with Crippen molar-refractivity contribution in [2.75, 3.05) is 26.8 Å². The molecule has 1 aliphatic carbocycles. The summed E-state index contributed by atoms with van der Waals surface area (Å²) in [6.07, 6.45) is 4.94. The van der Waals surface area contributed by atoms with E-state index in [1.807, 2.05) is 6.92 Å². The molecule has 2 fully saturated rings. The van der Waals surface area contributed by atoms with E-state index in [1.165, 1.54) is 0 Å². The maximum atomic E-state index is 9.30. The number of nitrogens with zero attached hydrogens (tertiary/aromatic N) is 1. The lowest BCUT2D eigenvalue weighted by atomic mass is 9.89. The van der Waals surface area contributed by atoms with E-state index in [1.54, 1.807) is 0 Å². The standard InChI is InChI=1S/C13H25NO3/c1-11(15)5-8-14(2)12-3-6-13(7-4-12)16-9-10-17-13/h11-12,15H,3-10H2,1-2H3. The molecule has 1 spiro atoms. The first kappa shape index (κ1) is 13.3. The lowest BCUT2D eigenvalue weighted by molar-refractivity contribution is -0.183. The number of ether oxygens (including phenoxy) is 2. The number of rotatable bonds is 4. The van der Waals surface area contributed by atoms with Crippen LogP contribution in [0.15, 0.2) is 0 Å². The zero-order chi connectivity index (χ0) is 12.3. The molecule has 1 N–H and O–H groups in total. The lowest BCUT2D eigenvalue weighted by Crippen LogP contribution is -2.43. The molecule has 1 aliphatic heterocycles. The van der Waals surface area contributed by atoms with E-state index in [-0.39, 0.29) is 11.9 Å². The van der Waals surface area contributed by atoms with E-state index < -0.39 is 0 Å². The molecule has 1 heterocycles. The number of aliphatic hydroxyl groups is 1. The monoisotopic (exact) mass is 243 g/mol. The Morgan fingerprint density at radius 1 is 1.29 bits per heavy atom. The predicted molar refractivity (Wildman–Crippen MR) is 65.8 cm³/mol. The third-order valence-corrected chi connectivity index (χ3v) is 4.05. The Bertz CT molecular complexity index is 229. The molecule has 0 aromatic carbocycles. The molecule has 100 valence electrons. The summed E-state index contributed by atoms with van der Waals surface area (Å²) < 4.78 is 11.5. The Morgan fingerprint density at radius 2 is 1.88 bits per heavy atom. The summed E-state index contributed by atoms with van der Waals surface area (Å²) in [5.74, 6) is -0.248. The van der Waals surface area contributed by atoms with Gasteiger partial charge in [-0.2, -0.15) is 0 Å². The van der Waals surface area contributed by atoms with Gasteiger partial charge in [0, 0.05) is 25.4 Å². The number of aliphatic hydroxyl groups excluding tert-OH is 1. The Kier molecular flexibility index (Phi) is 4.42.